The summed E-state index contributed by atoms with van der Waals surface area (Å²) in [5.41, 5.74) is 2.76. The van der Waals surface area contributed by atoms with Crippen LogP contribution in [0.4, 0.5) is 0 Å². The first-order valence-electron chi connectivity index (χ1n) is 6.73. The average Bonchev–Trinajstić information content (AvgIpc) is 2.77. The molecule has 0 radical (unpaired) electrons. The molecule has 5 heteroatoms. The van der Waals surface area contributed by atoms with Crippen molar-refractivity contribution in [3.8, 4) is 0 Å². The molecule has 2 unspecified atom stereocenters. The van der Waals surface area contributed by atoms with Crippen LogP contribution in [-0.2, 0) is 0 Å². The van der Waals surface area contributed by atoms with Gasteiger partial charge >= 0.3 is 5.69 Å². The Hall–Kier alpha value is -1.59. The Kier molecular flexibility index (Phi) is 4.39. The fourth-order valence-electron chi connectivity index (χ4n) is 2.68. The lowest BCUT2D eigenvalue weighted by Gasteiger charge is -2.26. The number of rotatable bonds is 6. The van der Waals surface area contributed by atoms with Crippen molar-refractivity contribution in [3.63, 3.8) is 0 Å². The third kappa shape index (κ3) is 2.88. The molecule has 2 rings (SSSR count). The summed E-state index contributed by atoms with van der Waals surface area (Å²) in [4.78, 5) is 16.9. The van der Waals surface area contributed by atoms with Crippen LogP contribution < -0.4 is 16.3 Å². The van der Waals surface area contributed by atoms with Crippen molar-refractivity contribution in [2.75, 3.05) is 20.6 Å². The highest BCUT2D eigenvalue weighted by molar-refractivity contribution is 5.75. The van der Waals surface area contributed by atoms with E-state index < -0.39 is 0 Å². The number of H-pyrrole nitrogens is 2. The molecule has 0 fully saturated rings. The van der Waals surface area contributed by atoms with E-state index in [4.69, 9.17) is 0 Å². The second-order valence-corrected chi connectivity index (χ2v) is 4.88. The highest BCUT2D eigenvalue weighted by Crippen LogP contribution is 2.25. The standard InChI is InChI=1S/C14H22N4O/c1-4-9(8-15-2)13(16-3)10-5-6-11-12(7-10)18-14(19)17-11/h5-7,9,13,15-16H,4,8H2,1-3H3,(H2,17,18,19). The predicted octanol–water partition coefficient (Wildman–Crippen LogP) is 1.36. The zero-order valence-corrected chi connectivity index (χ0v) is 11.7. The molecule has 0 aliphatic carbocycles. The molecule has 0 aliphatic heterocycles. The number of hydrogen-bond acceptors (Lipinski definition) is 3. The monoisotopic (exact) mass is 262 g/mol. The number of hydrogen-bond donors (Lipinski definition) is 4. The maximum atomic E-state index is 11.3. The number of nitrogens with one attached hydrogen (secondary N) is 4. The molecule has 0 amide bonds. The van der Waals surface area contributed by atoms with Gasteiger partial charge in [-0.15, -0.1) is 0 Å². The minimum Gasteiger partial charge on any atom is -0.319 e. The van der Waals surface area contributed by atoms with Crippen LogP contribution in [0.2, 0.25) is 0 Å². The topological polar surface area (TPSA) is 72.7 Å². The molecule has 0 spiro atoms. The Bertz CT molecular complexity index is 586. The smallest absolute Gasteiger partial charge is 0.319 e. The number of aromatic nitrogens is 2. The van der Waals surface area contributed by atoms with Crippen molar-refractivity contribution in [1.29, 1.82) is 0 Å². The fraction of sp³-hybridized carbons (Fsp3) is 0.500. The summed E-state index contributed by atoms with van der Waals surface area (Å²) in [6.07, 6.45) is 1.09. The fourth-order valence-corrected chi connectivity index (χ4v) is 2.68. The second kappa shape index (κ2) is 6.04. The highest BCUT2D eigenvalue weighted by atomic mass is 16.1. The van der Waals surface area contributed by atoms with Gasteiger partial charge in [-0.1, -0.05) is 19.4 Å². The van der Waals surface area contributed by atoms with Crippen LogP contribution in [0.3, 0.4) is 0 Å². The summed E-state index contributed by atoms with van der Waals surface area (Å²) in [6.45, 7) is 3.16. The predicted molar refractivity (Wildman–Crippen MR) is 78.4 cm³/mol. The Labute approximate surface area is 112 Å². The van der Waals surface area contributed by atoms with Crippen molar-refractivity contribution in [3.05, 3.63) is 34.2 Å². The highest BCUT2D eigenvalue weighted by Gasteiger charge is 2.20. The first-order chi connectivity index (χ1) is 9.19. The average molecular weight is 262 g/mol. The molecule has 1 heterocycles. The molecule has 104 valence electrons. The maximum absolute atomic E-state index is 11.3. The number of aromatic amines is 2. The first-order valence-corrected chi connectivity index (χ1v) is 6.73. The van der Waals surface area contributed by atoms with E-state index in [2.05, 4.69) is 33.6 Å². The van der Waals surface area contributed by atoms with E-state index in [0.717, 1.165) is 24.0 Å². The second-order valence-electron chi connectivity index (χ2n) is 4.88. The van der Waals surface area contributed by atoms with Gasteiger partial charge in [-0.2, -0.15) is 0 Å². The van der Waals surface area contributed by atoms with Gasteiger partial charge in [0.2, 0.25) is 0 Å². The molecule has 0 bridgehead atoms. The zero-order valence-electron chi connectivity index (χ0n) is 11.7. The van der Waals surface area contributed by atoms with Crippen LogP contribution in [0.15, 0.2) is 23.0 Å². The molecule has 1 aromatic heterocycles. The van der Waals surface area contributed by atoms with Gasteiger partial charge in [-0.3, -0.25) is 0 Å². The van der Waals surface area contributed by atoms with Gasteiger partial charge < -0.3 is 20.6 Å². The molecule has 5 nitrogen and oxygen atoms in total. The molecule has 2 aromatic rings. The van der Waals surface area contributed by atoms with Crippen molar-refractivity contribution in [2.24, 2.45) is 5.92 Å². The lowest BCUT2D eigenvalue weighted by molar-refractivity contribution is 0.360. The van der Waals surface area contributed by atoms with E-state index in [9.17, 15) is 4.79 Å². The van der Waals surface area contributed by atoms with Crippen LogP contribution in [0, 0.1) is 5.92 Å². The van der Waals surface area contributed by atoms with Crippen molar-refractivity contribution in [1.82, 2.24) is 20.6 Å². The summed E-state index contributed by atoms with van der Waals surface area (Å²) in [5, 5.41) is 6.62. The lowest BCUT2D eigenvalue weighted by atomic mass is 9.90. The molecular formula is C14H22N4O. The first kappa shape index (κ1) is 13.8. The van der Waals surface area contributed by atoms with Gasteiger partial charge in [0, 0.05) is 6.04 Å². The minimum atomic E-state index is -0.157. The van der Waals surface area contributed by atoms with Crippen LogP contribution in [0.5, 0.6) is 0 Å². The largest absolute Gasteiger partial charge is 0.323 e. The summed E-state index contributed by atoms with van der Waals surface area (Å²) in [5.74, 6) is 0.512. The summed E-state index contributed by atoms with van der Waals surface area (Å²) < 4.78 is 0. The van der Waals surface area contributed by atoms with E-state index in [0.29, 0.717) is 5.92 Å². The SMILES string of the molecule is CCC(CNC)C(NC)c1ccc2[nH]c(=O)[nH]c2c1. The van der Waals surface area contributed by atoms with Crippen LogP contribution in [-0.4, -0.2) is 30.6 Å². The van der Waals surface area contributed by atoms with Gasteiger partial charge in [0.1, 0.15) is 0 Å². The third-order valence-electron chi connectivity index (χ3n) is 3.67. The third-order valence-corrected chi connectivity index (χ3v) is 3.67. The van der Waals surface area contributed by atoms with Gasteiger partial charge in [0.25, 0.3) is 0 Å². The van der Waals surface area contributed by atoms with Crippen LogP contribution >= 0.6 is 0 Å². The summed E-state index contributed by atoms with van der Waals surface area (Å²) >= 11 is 0. The number of fused-ring (bicyclic) bond motifs is 1. The van der Waals surface area contributed by atoms with E-state index in [1.807, 2.05) is 26.2 Å². The number of benzene rings is 1. The van der Waals surface area contributed by atoms with Crippen molar-refractivity contribution in [2.45, 2.75) is 19.4 Å². The lowest BCUT2D eigenvalue weighted by Crippen LogP contribution is -2.31. The molecule has 0 saturated heterocycles. The van der Waals surface area contributed by atoms with Gasteiger partial charge in [0.05, 0.1) is 11.0 Å². The summed E-state index contributed by atoms with van der Waals surface area (Å²) in [6, 6.07) is 6.36. The Balaban J connectivity index is 2.36. The number of imidazole rings is 1. The zero-order chi connectivity index (χ0) is 13.8. The molecule has 0 saturated carbocycles. The molecule has 1 aromatic carbocycles. The molecule has 19 heavy (non-hydrogen) atoms. The van der Waals surface area contributed by atoms with E-state index in [1.165, 1.54) is 5.56 Å². The molecule has 4 N–H and O–H groups in total. The normalized spacial score (nSPS) is 14.7. The molecule has 0 aliphatic rings. The van der Waals surface area contributed by atoms with E-state index in [-0.39, 0.29) is 11.7 Å². The van der Waals surface area contributed by atoms with Crippen molar-refractivity contribution >= 4 is 11.0 Å². The van der Waals surface area contributed by atoms with Crippen LogP contribution in [0.1, 0.15) is 24.9 Å². The van der Waals surface area contributed by atoms with Gasteiger partial charge in [0.15, 0.2) is 0 Å². The van der Waals surface area contributed by atoms with Crippen LogP contribution in [0.25, 0.3) is 11.0 Å². The van der Waals surface area contributed by atoms with E-state index in [1.54, 1.807) is 0 Å². The van der Waals surface area contributed by atoms with Gasteiger partial charge in [-0.05, 0) is 44.3 Å². The Morgan fingerprint density at radius 2 is 1.95 bits per heavy atom. The van der Waals surface area contributed by atoms with E-state index >= 15 is 0 Å². The minimum absolute atomic E-state index is 0.157. The molecular weight excluding hydrogens is 240 g/mol. The van der Waals surface area contributed by atoms with Gasteiger partial charge in [-0.25, -0.2) is 4.79 Å². The van der Waals surface area contributed by atoms with Crippen molar-refractivity contribution < 1.29 is 0 Å². The summed E-state index contributed by atoms with van der Waals surface area (Å²) in [7, 11) is 3.95. The molecule has 2 atom stereocenters. The Morgan fingerprint density at radius 3 is 2.58 bits per heavy atom. The quantitative estimate of drug-likeness (QED) is 0.635. The Morgan fingerprint density at radius 1 is 1.21 bits per heavy atom. The maximum Gasteiger partial charge on any atom is 0.323 e.